The molecule has 2 aromatic heterocycles. The summed E-state index contributed by atoms with van der Waals surface area (Å²) < 4.78 is 28.5. The number of carbonyl (C=O) groups is 2. The number of rotatable bonds is 8. The summed E-state index contributed by atoms with van der Waals surface area (Å²) in [5.74, 6) is -3.76. The van der Waals surface area contributed by atoms with Crippen LogP contribution in [0.25, 0.3) is 11.1 Å². The Morgan fingerprint density at radius 3 is 2.49 bits per heavy atom. The molecule has 11 heteroatoms. The molecule has 3 aromatic rings. The van der Waals surface area contributed by atoms with Crippen molar-refractivity contribution < 1.29 is 18.4 Å². The van der Waals surface area contributed by atoms with Gasteiger partial charge in [-0.15, -0.1) is 0 Å². The molecular formula is C32H32F2N6O3. The van der Waals surface area contributed by atoms with Gasteiger partial charge in [-0.3, -0.25) is 14.4 Å². The molecule has 43 heavy (non-hydrogen) atoms. The van der Waals surface area contributed by atoms with E-state index in [9.17, 15) is 28.4 Å². The zero-order valence-electron chi connectivity index (χ0n) is 24.0. The number of aromatic nitrogens is 2. The number of hydrogen-bond acceptors (Lipinski definition) is 6. The third kappa shape index (κ3) is 5.92. The predicted octanol–water partition coefficient (Wildman–Crippen LogP) is 4.57. The molecule has 0 spiro atoms. The number of amides is 2. The molecule has 6 rings (SSSR count). The summed E-state index contributed by atoms with van der Waals surface area (Å²) in [5.41, 5.74) is 2.44. The first-order valence-corrected chi connectivity index (χ1v) is 14.4. The van der Waals surface area contributed by atoms with E-state index >= 15 is 0 Å². The van der Waals surface area contributed by atoms with Crippen molar-refractivity contribution >= 4 is 17.6 Å². The molecule has 2 N–H and O–H groups in total. The van der Waals surface area contributed by atoms with Gasteiger partial charge in [0.1, 0.15) is 11.4 Å². The molecule has 1 aromatic carbocycles. The van der Waals surface area contributed by atoms with Crippen LogP contribution in [-0.2, 0) is 13.6 Å². The SMILES string of the molecule is Cn1cc(CNC2(C)CCC2)cc(C(=O)Nc2cc(-c3ccc(C#N)cc3C(=O)N3CC(F)(F)C3)cc(C3CC3)n2)c1=O. The lowest BCUT2D eigenvalue weighted by Crippen LogP contribution is -2.58. The van der Waals surface area contributed by atoms with Crippen LogP contribution in [0.3, 0.4) is 0 Å². The number of aryl methyl sites for hydroxylation is 1. The van der Waals surface area contributed by atoms with Crippen molar-refractivity contribution in [2.75, 3.05) is 18.4 Å². The summed E-state index contributed by atoms with van der Waals surface area (Å²) in [5, 5.41) is 15.7. The Kier molecular flexibility index (Phi) is 7.13. The van der Waals surface area contributed by atoms with Crippen molar-refractivity contribution in [1.29, 1.82) is 5.26 Å². The van der Waals surface area contributed by atoms with Crippen molar-refractivity contribution in [1.82, 2.24) is 19.8 Å². The molecule has 3 aliphatic rings. The Hall–Kier alpha value is -4.43. The van der Waals surface area contributed by atoms with Gasteiger partial charge < -0.3 is 20.1 Å². The zero-order valence-corrected chi connectivity index (χ0v) is 24.0. The lowest BCUT2D eigenvalue weighted by Gasteiger charge is -2.39. The minimum Gasteiger partial charge on any atom is -0.326 e. The van der Waals surface area contributed by atoms with Gasteiger partial charge in [0.2, 0.25) is 0 Å². The highest BCUT2D eigenvalue weighted by Gasteiger charge is 2.46. The number of pyridine rings is 2. The van der Waals surface area contributed by atoms with Crippen LogP contribution in [0, 0.1) is 11.3 Å². The third-order valence-electron chi connectivity index (χ3n) is 8.57. The molecule has 1 aliphatic heterocycles. The van der Waals surface area contributed by atoms with E-state index in [1.54, 1.807) is 37.5 Å². The number of alkyl halides is 2. The molecule has 2 amide bonds. The van der Waals surface area contributed by atoms with Crippen LogP contribution in [0.1, 0.15) is 82.5 Å². The number of nitriles is 1. The molecule has 2 aliphatic carbocycles. The number of nitrogens with one attached hydrogen (secondary N) is 2. The van der Waals surface area contributed by atoms with Gasteiger partial charge in [-0.05, 0) is 86.1 Å². The number of halogens is 2. The van der Waals surface area contributed by atoms with Crippen LogP contribution in [0.4, 0.5) is 14.6 Å². The fourth-order valence-corrected chi connectivity index (χ4v) is 5.65. The summed E-state index contributed by atoms with van der Waals surface area (Å²) in [7, 11) is 1.61. The quantitative estimate of drug-likeness (QED) is 0.399. The number of nitrogens with zero attached hydrogens (tertiary/aromatic N) is 4. The monoisotopic (exact) mass is 586 g/mol. The molecule has 3 fully saturated rings. The minimum atomic E-state index is -2.94. The van der Waals surface area contributed by atoms with Gasteiger partial charge in [0.15, 0.2) is 0 Å². The molecular weight excluding hydrogens is 554 g/mol. The minimum absolute atomic E-state index is 0.0197. The normalized spacial score (nSPS) is 18.3. The van der Waals surface area contributed by atoms with E-state index in [2.05, 4.69) is 22.5 Å². The first-order valence-electron chi connectivity index (χ1n) is 14.4. The average molecular weight is 587 g/mol. The van der Waals surface area contributed by atoms with Crippen LogP contribution in [0.5, 0.6) is 0 Å². The van der Waals surface area contributed by atoms with E-state index in [-0.39, 0.29) is 34.0 Å². The highest BCUT2D eigenvalue weighted by molar-refractivity contribution is 6.05. The van der Waals surface area contributed by atoms with E-state index in [1.165, 1.54) is 17.1 Å². The van der Waals surface area contributed by atoms with Gasteiger partial charge in [-0.25, -0.2) is 13.8 Å². The molecule has 2 saturated carbocycles. The van der Waals surface area contributed by atoms with Crippen molar-refractivity contribution in [2.45, 2.75) is 63.0 Å². The molecule has 0 bridgehead atoms. The molecule has 0 radical (unpaired) electrons. The van der Waals surface area contributed by atoms with Gasteiger partial charge in [-0.1, -0.05) is 6.07 Å². The zero-order chi connectivity index (χ0) is 30.5. The Morgan fingerprint density at radius 1 is 1.12 bits per heavy atom. The molecule has 9 nitrogen and oxygen atoms in total. The first-order chi connectivity index (χ1) is 20.4. The lowest BCUT2D eigenvalue weighted by molar-refractivity contribution is -0.113. The summed E-state index contributed by atoms with van der Waals surface area (Å²) in [6.45, 7) is 1.31. The maximum Gasteiger partial charge on any atom is 0.282 e. The number of hydrogen-bond donors (Lipinski definition) is 2. The maximum atomic E-state index is 13.6. The van der Waals surface area contributed by atoms with Gasteiger partial charge in [0, 0.05) is 42.5 Å². The van der Waals surface area contributed by atoms with E-state index < -0.39 is 36.4 Å². The largest absolute Gasteiger partial charge is 0.326 e. The lowest BCUT2D eigenvalue weighted by atomic mass is 9.78. The van der Waals surface area contributed by atoms with Crippen LogP contribution in [-0.4, -0.2) is 50.8 Å². The van der Waals surface area contributed by atoms with Crippen molar-refractivity contribution in [3.05, 3.63) is 80.9 Å². The van der Waals surface area contributed by atoms with Gasteiger partial charge >= 0.3 is 0 Å². The van der Waals surface area contributed by atoms with Crippen molar-refractivity contribution in [3.8, 4) is 17.2 Å². The van der Waals surface area contributed by atoms with Gasteiger partial charge in [0.05, 0.1) is 24.7 Å². The Labute approximate surface area is 247 Å². The summed E-state index contributed by atoms with van der Waals surface area (Å²) in [6.07, 6.45) is 6.88. The van der Waals surface area contributed by atoms with E-state index in [0.29, 0.717) is 23.4 Å². The number of anilines is 1. The first kappa shape index (κ1) is 28.7. The number of benzene rings is 1. The third-order valence-corrected chi connectivity index (χ3v) is 8.57. The second-order valence-electron chi connectivity index (χ2n) is 12.2. The molecule has 1 saturated heterocycles. The summed E-state index contributed by atoms with van der Waals surface area (Å²) in [4.78, 5) is 45.4. The predicted molar refractivity (Wildman–Crippen MR) is 156 cm³/mol. The van der Waals surface area contributed by atoms with Crippen LogP contribution in [0.15, 0.2) is 47.4 Å². The highest BCUT2D eigenvalue weighted by atomic mass is 19.3. The van der Waals surface area contributed by atoms with E-state index in [4.69, 9.17) is 0 Å². The second kappa shape index (κ2) is 10.7. The fourth-order valence-electron chi connectivity index (χ4n) is 5.65. The number of likely N-dealkylation sites (tertiary alicyclic amines) is 1. The topological polar surface area (TPSA) is 120 Å². The summed E-state index contributed by atoms with van der Waals surface area (Å²) in [6, 6.07) is 11.6. The smallest absolute Gasteiger partial charge is 0.282 e. The Morgan fingerprint density at radius 2 is 1.86 bits per heavy atom. The second-order valence-corrected chi connectivity index (χ2v) is 12.2. The van der Waals surface area contributed by atoms with E-state index in [1.807, 2.05) is 12.1 Å². The Balaban J connectivity index is 1.32. The number of carbonyl (C=O) groups excluding carboxylic acids is 2. The maximum absolute atomic E-state index is 13.6. The van der Waals surface area contributed by atoms with Crippen LogP contribution >= 0.6 is 0 Å². The van der Waals surface area contributed by atoms with Crippen molar-refractivity contribution in [3.63, 3.8) is 0 Å². The molecule has 3 heterocycles. The summed E-state index contributed by atoms with van der Waals surface area (Å²) >= 11 is 0. The highest BCUT2D eigenvalue weighted by Crippen LogP contribution is 2.41. The average Bonchev–Trinajstić information content (AvgIpc) is 3.80. The fraction of sp³-hybridized carbons (Fsp3) is 0.406. The van der Waals surface area contributed by atoms with E-state index in [0.717, 1.165) is 36.1 Å². The van der Waals surface area contributed by atoms with Crippen molar-refractivity contribution in [2.24, 2.45) is 7.05 Å². The Bertz CT molecular complexity index is 1730. The molecule has 0 atom stereocenters. The molecule has 0 unspecified atom stereocenters. The van der Waals surface area contributed by atoms with Gasteiger partial charge in [0.25, 0.3) is 23.3 Å². The standard InChI is InChI=1S/C32H32F2N6O3/c1-31(8-3-9-31)36-15-20-11-25(29(42)39(2)16-20)28(41)38-27-13-22(12-26(37-27)21-5-6-21)23-7-4-19(14-35)10-24(23)30(43)40-17-32(33,34)18-40/h4,7,10-13,16,21,36H,3,5-6,8-9,15,17-18H2,1-2H3,(H,37,38,41). The molecule has 222 valence electrons. The van der Waals surface area contributed by atoms with Crippen LogP contribution < -0.4 is 16.2 Å². The van der Waals surface area contributed by atoms with Crippen LogP contribution in [0.2, 0.25) is 0 Å². The van der Waals surface area contributed by atoms with Gasteiger partial charge in [-0.2, -0.15) is 5.26 Å².